The molecule has 0 aliphatic heterocycles. The molecule has 0 saturated heterocycles. The molecule has 0 N–H and O–H groups in total. The van der Waals surface area contributed by atoms with Gasteiger partial charge in [-0.05, 0) is 125 Å². The summed E-state index contributed by atoms with van der Waals surface area (Å²) < 4.78 is 4.94. The lowest BCUT2D eigenvalue weighted by Gasteiger charge is -2.29. The Labute approximate surface area is 315 Å². The van der Waals surface area contributed by atoms with E-state index < -0.39 is 0 Å². The molecule has 1 aliphatic rings. The maximum absolute atomic E-state index is 2.48. The predicted octanol–water partition coefficient (Wildman–Crippen LogP) is 13.7. The maximum Gasteiger partial charge on any atom is 0.0703 e. The first-order chi connectivity index (χ1) is 26.4. The summed E-state index contributed by atoms with van der Waals surface area (Å²) in [4.78, 5) is 2.43. The quantitative estimate of drug-likeness (QED) is 0.179. The van der Waals surface area contributed by atoms with Gasteiger partial charge in [0.2, 0.25) is 0 Å². The Morgan fingerprint density at radius 1 is 0.463 bits per heavy atom. The number of aromatic nitrogens is 2. The number of anilines is 3. The summed E-state index contributed by atoms with van der Waals surface area (Å²) in [7, 11) is 0. The summed E-state index contributed by atoms with van der Waals surface area (Å²) in [5, 5.41) is 5.07. The van der Waals surface area contributed by atoms with E-state index in [0.717, 1.165) is 28.3 Å². The normalized spacial score (nSPS) is 13.3. The fourth-order valence-electron chi connectivity index (χ4n) is 9.60. The van der Waals surface area contributed by atoms with Crippen molar-refractivity contribution in [1.29, 1.82) is 0 Å². The summed E-state index contributed by atoms with van der Waals surface area (Å²) in [5.74, 6) is 0. The van der Waals surface area contributed by atoms with Gasteiger partial charge in [0.1, 0.15) is 0 Å². The van der Waals surface area contributed by atoms with E-state index in [0.29, 0.717) is 0 Å². The van der Waals surface area contributed by atoms with E-state index in [1.165, 1.54) is 77.0 Å². The fourth-order valence-corrected chi connectivity index (χ4v) is 9.60. The monoisotopic (exact) mass is 693 g/mol. The number of fused-ring (bicyclic) bond motifs is 8. The Bertz CT molecular complexity index is 3120. The molecule has 0 bridgehead atoms. The molecule has 3 nitrogen and oxygen atoms in total. The molecule has 54 heavy (non-hydrogen) atoms. The highest BCUT2D eigenvalue weighted by Crippen LogP contribution is 2.51. The van der Waals surface area contributed by atoms with Crippen LogP contribution in [-0.2, 0) is 5.41 Å². The summed E-state index contributed by atoms with van der Waals surface area (Å²) in [6.07, 6.45) is 0. The first-order valence-electron chi connectivity index (χ1n) is 18.9. The van der Waals surface area contributed by atoms with Crippen molar-refractivity contribution in [1.82, 2.24) is 8.97 Å². The van der Waals surface area contributed by atoms with Crippen LogP contribution in [0, 0.1) is 13.8 Å². The largest absolute Gasteiger partial charge is 0.310 e. The highest BCUT2D eigenvalue weighted by atomic mass is 15.1. The van der Waals surface area contributed by atoms with Gasteiger partial charge in [0.25, 0.3) is 0 Å². The number of rotatable bonds is 4. The van der Waals surface area contributed by atoms with Crippen molar-refractivity contribution in [2.45, 2.75) is 33.1 Å². The topological polar surface area (TPSA) is 12.6 Å². The average Bonchev–Trinajstić information content (AvgIpc) is 3.59. The van der Waals surface area contributed by atoms with Crippen LogP contribution in [0.3, 0.4) is 0 Å². The zero-order valence-corrected chi connectivity index (χ0v) is 30.9. The van der Waals surface area contributed by atoms with Gasteiger partial charge in [-0.25, -0.2) is 0 Å². The third-order valence-electron chi connectivity index (χ3n) is 11.9. The summed E-state index contributed by atoms with van der Waals surface area (Å²) in [5.41, 5.74) is 18.4. The molecule has 0 fully saturated rings. The Kier molecular flexibility index (Phi) is 6.43. The van der Waals surface area contributed by atoms with E-state index in [1.807, 2.05) is 0 Å². The molecule has 8 aromatic carbocycles. The Balaban J connectivity index is 1.15. The van der Waals surface area contributed by atoms with Crippen molar-refractivity contribution in [3.8, 4) is 16.8 Å². The molecule has 11 rings (SSSR count). The second-order valence-corrected chi connectivity index (χ2v) is 15.6. The van der Waals surface area contributed by atoms with E-state index in [4.69, 9.17) is 0 Å². The van der Waals surface area contributed by atoms with E-state index in [-0.39, 0.29) is 5.41 Å². The van der Waals surface area contributed by atoms with Crippen LogP contribution in [0.5, 0.6) is 0 Å². The van der Waals surface area contributed by atoms with E-state index >= 15 is 0 Å². The summed E-state index contributed by atoms with van der Waals surface area (Å²) >= 11 is 0. The molecule has 0 spiro atoms. The van der Waals surface area contributed by atoms with Crippen molar-refractivity contribution < 1.29 is 0 Å². The molecule has 0 saturated carbocycles. The highest BCUT2D eigenvalue weighted by molar-refractivity contribution is 6.23. The lowest BCUT2D eigenvalue weighted by atomic mass is 9.82. The van der Waals surface area contributed by atoms with Crippen LogP contribution < -0.4 is 4.90 Å². The molecule has 2 heterocycles. The SMILES string of the molecule is Cc1cc(C)cc(N(c2ccc(-n3c4cccc5ccc6c7ccccc7n(c7ccccc73)c6c54)cc2)c2ccc3c(c2)C(C)(C)c2ccccc2-3)c1. The fraction of sp³-hybridized carbons (Fsp3) is 0.0980. The molecular formula is C51H39N3. The van der Waals surface area contributed by atoms with Crippen molar-refractivity contribution in [2.75, 3.05) is 4.90 Å². The summed E-state index contributed by atoms with van der Waals surface area (Å²) in [6.45, 7) is 9.10. The lowest BCUT2D eigenvalue weighted by molar-refractivity contribution is 0.660. The molecule has 3 heteroatoms. The number of para-hydroxylation sites is 3. The van der Waals surface area contributed by atoms with Gasteiger partial charge in [-0.1, -0.05) is 105 Å². The second-order valence-electron chi connectivity index (χ2n) is 15.6. The minimum Gasteiger partial charge on any atom is -0.310 e. The van der Waals surface area contributed by atoms with Crippen LogP contribution in [0.2, 0.25) is 0 Å². The van der Waals surface area contributed by atoms with Gasteiger partial charge < -0.3 is 13.9 Å². The zero-order chi connectivity index (χ0) is 36.3. The molecule has 0 atom stereocenters. The first-order valence-corrected chi connectivity index (χ1v) is 18.9. The Hall–Kier alpha value is -6.58. The molecule has 0 amide bonds. The summed E-state index contributed by atoms with van der Waals surface area (Å²) in [6, 6.07) is 61.0. The van der Waals surface area contributed by atoms with Gasteiger partial charge in [0.05, 0.1) is 27.6 Å². The smallest absolute Gasteiger partial charge is 0.0703 e. The van der Waals surface area contributed by atoms with Gasteiger partial charge in [-0.3, -0.25) is 0 Å². The van der Waals surface area contributed by atoms with Gasteiger partial charge in [-0.15, -0.1) is 0 Å². The number of nitrogens with zero attached hydrogens (tertiary/aromatic N) is 3. The van der Waals surface area contributed by atoms with Crippen LogP contribution in [0.25, 0.3) is 65.9 Å². The van der Waals surface area contributed by atoms with Crippen LogP contribution in [0.1, 0.15) is 36.1 Å². The second kappa shape index (κ2) is 11.2. The van der Waals surface area contributed by atoms with Crippen molar-refractivity contribution in [3.05, 3.63) is 186 Å². The number of aryl methyl sites for hydroxylation is 2. The molecule has 258 valence electrons. The minimum atomic E-state index is -0.0890. The van der Waals surface area contributed by atoms with Gasteiger partial charge in [0.15, 0.2) is 0 Å². The standard InChI is InChI=1S/C51H39N3/c1-32-28-33(2)30-38(29-32)52(37-25-27-40-39-13-5-7-15-43(39)51(3,4)44(40)31-37)35-21-23-36(24-22-35)53-46-17-9-10-18-47(46)54-45-16-8-6-14-41(45)42-26-20-34-12-11-19-48(53)49(34)50(42)54/h5-31H,1-4H3. The van der Waals surface area contributed by atoms with E-state index in [9.17, 15) is 0 Å². The Morgan fingerprint density at radius 3 is 1.94 bits per heavy atom. The number of hydrogen-bond donors (Lipinski definition) is 0. The van der Waals surface area contributed by atoms with E-state index in [2.05, 4.69) is 205 Å². The van der Waals surface area contributed by atoms with E-state index in [1.54, 1.807) is 0 Å². The van der Waals surface area contributed by atoms with Crippen molar-refractivity contribution in [2.24, 2.45) is 0 Å². The lowest BCUT2D eigenvalue weighted by Crippen LogP contribution is -2.16. The zero-order valence-electron chi connectivity index (χ0n) is 30.9. The van der Waals surface area contributed by atoms with Crippen molar-refractivity contribution >= 4 is 66.2 Å². The molecule has 1 aliphatic carbocycles. The Morgan fingerprint density at radius 2 is 1.13 bits per heavy atom. The van der Waals surface area contributed by atoms with Crippen LogP contribution in [-0.4, -0.2) is 8.97 Å². The van der Waals surface area contributed by atoms with Crippen LogP contribution in [0.4, 0.5) is 17.1 Å². The highest BCUT2D eigenvalue weighted by Gasteiger charge is 2.35. The van der Waals surface area contributed by atoms with Crippen LogP contribution in [0.15, 0.2) is 164 Å². The number of benzene rings is 8. The average molecular weight is 694 g/mol. The van der Waals surface area contributed by atoms with Gasteiger partial charge in [0, 0.05) is 44.3 Å². The predicted molar refractivity (Wildman–Crippen MR) is 228 cm³/mol. The molecular weight excluding hydrogens is 655 g/mol. The first kappa shape index (κ1) is 31.0. The molecule has 10 aromatic rings. The molecule has 0 radical (unpaired) electrons. The molecule has 2 aromatic heterocycles. The third kappa shape index (κ3) is 4.30. The van der Waals surface area contributed by atoms with Crippen molar-refractivity contribution in [3.63, 3.8) is 0 Å². The van der Waals surface area contributed by atoms with Crippen LogP contribution >= 0.6 is 0 Å². The third-order valence-corrected chi connectivity index (χ3v) is 11.9. The number of hydrogen-bond acceptors (Lipinski definition) is 1. The van der Waals surface area contributed by atoms with Gasteiger partial charge >= 0.3 is 0 Å². The minimum absolute atomic E-state index is 0.0890. The van der Waals surface area contributed by atoms with Gasteiger partial charge in [-0.2, -0.15) is 0 Å². The maximum atomic E-state index is 2.48. The molecule has 0 unspecified atom stereocenters.